The van der Waals surface area contributed by atoms with Crippen molar-refractivity contribution in [2.24, 2.45) is 0 Å². The van der Waals surface area contributed by atoms with Gasteiger partial charge in [-0.25, -0.2) is 13.4 Å². The molecule has 0 saturated carbocycles. The Morgan fingerprint density at radius 2 is 1.89 bits per heavy atom. The van der Waals surface area contributed by atoms with Crippen molar-refractivity contribution in [3.05, 3.63) is 48.0 Å². The highest BCUT2D eigenvalue weighted by Crippen LogP contribution is 2.32. The molecule has 4 rings (SSSR count). The molecule has 1 unspecified atom stereocenters. The first-order chi connectivity index (χ1) is 17.2. The maximum Gasteiger partial charge on any atom is 0.260 e. The molecule has 0 spiro atoms. The molecule has 1 fully saturated rings. The maximum absolute atomic E-state index is 13.6. The number of hydrogen-bond donors (Lipinski definition) is 0. The van der Waals surface area contributed by atoms with Crippen molar-refractivity contribution < 1.29 is 17.9 Å². The van der Waals surface area contributed by atoms with Gasteiger partial charge in [-0.3, -0.25) is 9.69 Å². The largest absolute Gasteiger partial charge is 0.497 e. The summed E-state index contributed by atoms with van der Waals surface area (Å²) in [6.45, 7) is 3.81. The van der Waals surface area contributed by atoms with Gasteiger partial charge in [-0.1, -0.05) is 17.8 Å². The van der Waals surface area contributed by atoms with Crippen LogP contribution in [-0.4, -0.2) is 75.4 Å². The van der Waals surface area contributed by atoms with Crippen LogP contribution in [0.25, 0.3) is 10.2 Å². The van der Waals surface area contributed by atoms with Crippen molar-refractivity contribution in [2.75, 3.05) is 45.7 Å². The molecule has 2 aromatic carbocycles. The molecule has 3 aromatic rings. The van der Waals surface area contributed by atoms with E-state index >= 15 is 0 Å². The van der Waals surface area contributed by atoms with Crippen molar-refractivity contribution >= 4 is 42.6 Å². The van der Waals surface area contributed by atoms with Crippen LogP contribution in [0.2, 0.25) is 0 Å². The van der Waals surface area contributed by atoms with E-state index in [1.54, 1.807) is 40.6 Å². The van der Waals surface area contributed by atoms with Crippen molar-refractivity contribution in [3.63, 3.8) is 0 Å². The minimum atomic E-state index is -3.59. The summed E-state index contributed by atoms with van der Waals surface area (Å²) in [6, 6.07) is 12.0. The number of carbonyl (C=O) groups excluding carboxylic acids is 1. The van der Waals surface area contributed by atoms with Crippen LogP contribution in [0.15, 0.2) is 47.4 Å². The average Bonchev–Trinajstić information content (AvgIpc) is 3.29. The summed E-state index contributed by atoms with van der Waals surface area (Å²) in [5, 5.41) is 0.612. The van der Waals surface area contributed by atoms with E-state index < -0.39 is 10.0 Å². The summed E-state index contributed by atoms with van der Waals surface area (Å²) in [6.07, 6.45) is 3.56. The van der Waals surface area contributed by atoms with Crippen LogP contribution in [0.4, 0.5) is 5.13 Å². The molecule has 0 radical (unpaired) electrons. The van der Waals surface area contributed by atoms with Crippen LogP contribution in [-0.2, 0) is 10.0 Å². The van der Waals surface area contributed by atoms with Gasteiger partial charge < -0.3 is 9.64 Å². The number of aromatic nitrogens is 1. The smallest absolute Gasteiger partial charge is 0.260 e. The number of amides is 1. The zero-order valence-electron chi connectivity index (χ0n) is 21.3. The molecule has 2 heterocycles. The Morgan fingerprint density at radius 1 is 1.14 bits per heavy atom. The molecule has 194 valence electrons. The molecule has 8 nitrogen and oxygen atoms in total. The monoisotopic (exact) mass is 530 g/mol. The van der Waals surface area contributed by atoms with Crippen LogP contribution in [0.1, 0.15) is 43.0 Å². The zero-order chi connectivity index (χ0) is 25.9. The fraction of sp³-hybridized carbons (Fsp3) is 0.462. The number of carbonyl (C=O) groups is 1. The van der Waals surface area contributed by atoms with E-state index in [0.29, 0.717) is 23.8 Å². The molecule has 1 amide bonds. The molecule has 1 atom stereocenters. The Labute approximate surface area is 217 Å². The Bertz CT molecular complexity index is 1310. The number of ether oxygens (including phenoxy) is 1. The van der Waals surface area contributed by atoms with E-state index in [4.69, 9.17) is 9.72 Å². The maximum atomic E-state index is 13.6. The second-order valence-electron chi connectivity index (χ2n) is 9.43. The molecule has 1 aromatic heterocycles. The lowest BCUT2D eigenvalue weighted by Gasteiger charge is -2.32. The molecular formula is C26H34N4O4S2. The van der Waals surface area contributed by atoms with E-state index in [-0.39, 0.29) is 16.8 Å². The fourth-order valence-corrected chi connectivity index (χ4v) is 7.17. The van der Waals surface area contributed by atoms with Crippen molar-refractivity contribution in [3.8, 4) is 5.75 Å². The fourth-order valence-electron chi connectivity index (χ4n) is 4.45. The number of benzene rings is 2. The van der Waals surface area contributed by atoms with Gasteiger partial charge in [0.2, 0.25) is 10.0 Å². The Morgan fingerprint density at radius 3 is 2.56 bits per heavy atom. The number of nitrogens with zero attached hydrogens (tertiary/aromatic N) is 4. The summed E-state index contributed by atoms with van der Waals surface area (Å²) in [5.74, 6) is 0.540. The molecule has 0 N–H and O–H groups in total. The standard InChI is InChI=1S/C26H34N4O4S2/c1-19-8-5-6-17-30(19)36(32,33)22-12-9-20(10-13-22)25(31)29(16-7-15-28(2)3)26-27-23-14-11-21(34-4)18-24(23)35-26/h9-14,18-19H,5-8,15-17H2,1-4H3. The van der Waals surface area contributed by atoms with Gasteiger partial charge in [0, 0.05) is 24.7 Å². The average molecular weight is 531 g/mol. The minimum Gasteiger partial charge on any atom is -0.497 e. The third-order valence-corrected chi connectivity index (χ3v) is 9.57. The van der Waals surface area contributed by atoms with Crippen molar-refractivity contribution in [1.29, 1.82) is 0 Å². The van der Waals surface area contributed by atoms with E-state index in [9.17, 15) is 13.2 Å². The lowest BCUT2D eigenvalue weighted by Crippen LogP contribution is -2.41. The first kappa shape index (κ1) is 26.5. The summed E-state index contributed by atoms with van der Waals surface area (Å²) >= 11 is 1.44. The molecule has 36 heavy (non-hydrogen) atoms. The van der Waals surface area contributed by atoms with Gasteiger partial charge in [0.25, 0.3) is 5.91 Å². The first-order valence-electron chi connectivity index (χ1n) is 12.2. The number of anilines is 1. The van der Waals surface area contributed by atoms with Gasteiger partial charge in [-0.2, -0.15) is 4.31 Å². The third-order valence-electron chi connectivity index (χ3n) is 6.50. The summed E-state index contributed by atoms with van der Waals surface area (Å²) in [4.78, 5) is 22.3. The summed E-state index contributed by atoms with van der Waals surface area (Å²) in [7, 11) is 2.03. The lowest BCUT2D eigenvalue weighted by atomic mass is 10.1. The predicted octanol–water partition coefficient (Wildman–Crippen LogP) is 4.47. The molecule has 10 heteroatoms. The Balaban J connectivity index is 1.61. The summed E-state index contributed by atoms with van der Waals surface area (Å²) < 4.78 is 34.2. The second kappa shape index (κ2) is 11.2. The Hall–Kier alpha value is -2.53. The van der Waals surface area contributed by atoms with Crippen molar-refractivity contribution in [2.45, 2.75) is 43.5 Å². The van der Waals surface area contributed by atoms with Gasteiger partial charge in [-0.15, -0.1) is 0 Å². The topological polar surface area (TPSA) is 83.0 Å². The zero-order valence-corrected chi connectivity index (χ0v) is 22.9. The Kier molecular flexibility index (Phi) is 8.29. The quantitative estimate of drug-likeness (QED) is 0.406. The minimum absolute atomic E-state index is 0.0186. The molecule has 1 saturated heterocycles. The highest BCUT2D eigenvalue weighted by molar-refractivity contribution is 7.89. The second-order valence-corrected chi connectivity index (χ2v) is 12.3. The number of thiazole rings is 1. The van der Waals surface area contributed by atoms with Crippen LogP contribution < -0.4 is 9.64 Å². The van der Waals surface area contributed by atoms with E-state index in [1.807, 2.05) is 39.2 Å². The SMILES string of the molecule is COc1ccc2nc(N(CCCN(C)C)C(=O)c3ccc(S(=O)(=O)N4CCCCC4C)cc3)sc2c1. The van der Waals surface area contributed by atoms with Gasteiger partial charge in [0.1, 0.15) is 5.75 Å². The van der Waals surface area contributed by atoms with Crippen molar-refractivity contribution in [1.82, 2.24) is 14.2 Å². The third kappa shape index (κ3) is 5.72. The number of fused-ring (bicyclic) bond motifs is 1. The van der Waals surface area contributed by atoms with Gasteiger partial charge in [-0.05, 0) is 89.3 Å². The van der Waals surface area contributed by atoms with E-state index in [2.05, 4.69) is 4.90 Å². The lowest BCUT2D eigenvalue weighted by molar-refractivity contribution is 0.0986. The number of sulfonamides is 1. The molecule has 0 aliphatic carbocycles. The normalized spacial score (nSPS) is 17.0. The summed E-state index contributed by atoms with van der Waals surface area (Å²) in [5.41, 5.74) is 1.24. The van der Waals surface area contributed by atoms with Gasteiger partial charge >= 0.3 is 0 Å². The number of rotatable bonds is 9. The van der Waals surface area contributed by atoms with E-state index in [0.717, 1.165) is 48.2 Å². The number of piperidine rings is 1. The van der Waals surface area contributed by atoms with Crippen LogP contribution in [0, 0.1) is 0 Å². The molecule has 1 aliphatic rings. The van der Waals surface area contributed by atoms with Crippen LogP contribution in [0.3, 0.4) is 0 Å². The van der Waals surface area contributed by atoms with Crippen LogP contribution in [0.5, 0.6) is 5.75 Å². The first-order valence-corrected chi connectivity index (χ1v) is 14.5. The molecule has 1 aliphatic heterocycles. The van der Waals surface area contributed by atoms with Crippen LogP contribution >= 0.6 is 11.3 Å². The van der Waals surface area contributed by atoms with Gasteiger partial charge in [0.05, 0.1) is 22.2 Å². The number of methoxy groups -OCH3 is 1. The highest BCUT2D eigenvalue weighted by Gasteiger charge is 2.31. The van der Waals surface area contributed by atoms with E-state index in [1.165, 1.54) is 11.3 Å². The van der Waals surface area contributed by atoms with Gasteiger partial charge in [0.15, 0.2) is 5.13 Å². The number of hydrogen-bond acceptors (Lipinski definition) is 7. The molecule has 0 bridgehead atoms. The predicted molar refractivity (Wildman–Crippen MR) is 145 cm³/mol. The molecular weight excluding hydrogens is 496 g/mol. The highest BCUT2D eigenvalue weighted by atomic mass is 32.2.